The first-order valence-electron chi connectivity index (χ1n) is 9.64. The monoisotopic (exact) mass is 441 g/mol. The summed E-state index contributed by atoms with van der Waals surface area (Å²) in [6, 6.07) is 9.56. The van der Waals surface area contributed by atoms with Crippen molar-refractivity contribution in [2.45, 2.75) is 24.4 Å². The first-order chi connectivity index (χ1) is 15.2. The molecule has 158 valence electrons. The number of aliphatic hydroxyl groups is 1. The van der Waals surface area contributed by atoms with Gasteiger partial charge in [-0.25, -0.2) is 4.98 Å². The van der Waals surface area contributed by atoms with Gasteiger partial charge in [0.1, 0.15) is 18.3 Å². The number of aliphatic hydroxyl groups excluding tert-OH is 1. The average Bonchev–Trinajstić information content (AvgIpc) is 3.55. The zero-order chi connectivity index (χ0) is 20.9. The Bertz CT molecular complexity index is 1230. The molecule has 11 nitrogen and oxygen atoms in total. The largest absolute Gasteiger partial charge is 0.456 e. The Morgan fingerprint density at radius 1 is 1.06 bits per heavy atom. The molecule has 5 heterocycles. The molecule has 3 N–H and O–H groups in total. The van der Waals surface area contributed by atoms with Gasteiger partial charge in [0.25, 0.3) is 6.01 Å². The Kier molecular flexibility index (Phi) is 4.35. The molecule has 0 spiro atoms. The number of rotatable bonds is 4. The molecule has 0 saturated carbocycles. The summed E-state index contributed by atoms with van der Waals surface area (Å²) in [5.74, 6) is 0.507. The summed E-state index contributed by atoms with van der Waals surface area (Å²) in [5.41, 5.74) is 3.36. The number of hydrogen-bond donors (Lipinski definition) is 3. The van der Waals surface area contributed by atoms with Gasteiger partial charge in [-0.1, -0.05) is 35.9 Å². The molecule has 1 aromatic carbocycles. The zero-order valence-electron chi connectivity index (χ0n) is 15.9. The SMILES string of the molecule is O[C@@H]1CO[C@H]2[C@@H]1OC[C@H]2Oc1nc2nc(-c3ccc(-c4nn[nH]n4)cc3)c(Cl)cc2[nH]1. The lowest BCUT2D eigenvalue weighted by Crippen LogP contribution is -2.34. The van der Waals surface area contributed by atoms with Gasteiger partial charge in [-0.15, -0.1) is 10.2 Å². The molecule has 4 atom stereocenters. The molecule has 0 aliphatic carbocycles. The Hall–Kier alpha value is -3.12. The number of hydrogen-bond acceptors (Lipinski definition) is 9. The average molecular weight is 442 g/mol. The number of aromatic amines is 2. The van der Waals surface area contributed by atoms with Crippen molar-refractivity contribution in [3.63, 3.8) is 0 Å². The lowest BCUT2D eigenvalue weighted by Gasteiger charge is -2.15. The first-order valence-corrected chi connectivity index (χ1v) is 10.0. The molecule has 2 fully saturated rings. The second-order valence-electron chi connectivity index (χ2n) is 7.36. The molecular weight excluding hydrogens is 426 g/mol. The standard InChI is InChI=1S/C19H16ClN7O4/c20-10-5-11-18(22-14(10)8-1-3-9(4-2-8)17-24-26-27-25-17)23-19(21-11)31-13-7-30-15-12(28)6-29-16(13)15/h1-5,12-13,15-16,28H,6-7H2,(H,21,22,23)(H,24,25,26,27)/t12-,13-,15-,16-/m1/s1. The first kappa shape index (κ1) is 18.6. The fourth-order valence-electron chi connectivity index (χ4n) is 3.90. The highest BCUT2D eigenvalue weighted by molar-refractivity contribution is 6.33. The lowest BCUT2D eigenvalue weighted by molar-refractivity contribution is 0.00706. The zero-order valence-corrected chi connectivity index (χ0v) is 16.7. The summed E-state index contributed by atoms with van der Waals surface area (Å²) >= 11 is 6.49. The van der Waals surface area contributed by atoms with Crippen LogP contribution >= 0.6 is 11.6 Å². The van der Waals surface area contributed by atoms with Crippen molar-refractivity contribution in [2.24, 2.45) is 0 Å². The van der Waals surface area contributed by atoms with Crippen LogP contribution < -0.4 is 4.74 Å². The molecule has 0 unspecified atom stereocenters. The van der Waals surface area contributed by atoms with Gasteiger partial charge in [0.15, 0.2) is 11.8 Å². The molecule has 2 aliphatic heterocycles. The number of benzene rings is 1. The highest BCUT2D eigenvalue weighted by atomic mass is 35.5. The van der Waals surface area contributed by atoms with Crippen LogP contribution in [0.3, 0.4) is 0 Å². The van der Waals surface area contributed by atoms with Crippen molar-refractivity contribution in [3.05, 3.63) is 35.4 Å². The van der Waals surface area contributed by atoms with E-state index in [0.29, 0.717) is 40.3 Å². The quantitative estimate of drug-likeness (QED) is 0.427. The van der Waals surface area contributed by atoms with Crippen molar-refractivity contribution >= 4 is 22.8 Å². The van der Waals surface area contributed by atoms with Gasteiger partial charge in [0.2, 0.25) is 5.82 Å². The number of tetrazole rings is 1. The minimum Gasteiger partial charge on any atom is -0.456 e. The number of fused-ring (bicyclic) bond motifs is 2. The van der Waals surface area contributed by atoms with Crippen LogP contribution in [0.2, 0.25) is 5.02 Å². The number of H-pyrrole nitrogens is 2. The van der Waals surface area contributed by atoms with Crippen LogP contribution in [0.15, 0.2) is 30.3 Å². The van der Waals surface area contributed by atoms with Gasteiger partial charge in [0, 0.05) is 11.1 Å². The summed E-state index contributed by atoms with van der Waals surface area (Å²) < 4.78 is 17.1. The van der Waals surface area contributed by atoms with Crippen molar-refractivity contribution in [3.8, 4) is 28.7 Å². The highest BCUT2D eigenvalue weighted by Crippen LogP contribution is 2.32. The number of aromatic nitrogens is 7. The van der Waals surface area contributed by atoms with E-state index in [-0.39, 0.29) is 24.9 Å². The third-order valence-corrected chi connectivity index (χ3v) is 5.70. The van der Waals surface area contributed by atoms with E-state index in [1.807, 2.05) is 24.3 Å². The smallest absolute Gasteiger partial charge is 0.296 e. The molecule has 2 aliphatic rings. The van der Waals surface area contributed by atoms with Gasteiger partial charge >= 0.3 is 0 Å². The molecular formula is C19H16ClN7O4. The van der Waals surface area contributed by atoms with Crippen molar-refractivity contribution in [2.75, 3.05) is 13.2 Å². The van der Waals surface area contributed by atoms with Crippen LogP contribution in [0.1, 0.15) is 0 Å². The number of nitrogens with zero attached hydrogens (tertiary/aromatic N) is 5. The van der Waals surface area contributed by atoms with Crippen molar-refractivity contribution < 1.29 is 19.3 Å². The molecule has 2 saturated heterocycles. The second-order valence-corrected chi connectivity index (χ2v) is 7.77. The summed E-state index contributed by atoms with van der Waals surface area (Å²) in [7, 11) is 0. The Morgan fingerprint density at radius 2 is 1.87 bits per heavy atom. The third-order valence-electron chi connectivity index (χ3n) is 5.41. The van der Waals surface area contributed by atoms with Gasteiger partial charge in [-0.05, 0) is 11.3 Å². The molecule has 12 heteroatoms. The van der Waals surface area contributed by atoms with E-state index < -0.39 is 6.10 Å². The van der Waals surface area contributed by atoms with Gasteiger partial charge in [0.05, 0.1) is 29.4 Å². The minimum atomic E-state index is -0.635. The van der Waals surface area contributed by atoms with Crippen LogP contribution in [-0.2, 0) is 9.47 Å². The normalized spacial score (nSPS) is 25.2. The van der Waals surface area contributed by atoms with Crippen LogP contribution in [0.4, 0.5) is 0 Å². The minimum absolute atomic E-state index is 0.237. The van der Waals surface area contributed by atoms with Crippen LogP contribution in [-0.4, -0.2) is 78.3 Å². The molecule has 6 rings (SSSR count). The predicted molar refractivity (Wildman–Crippen MR) is 107 cm³/mol. The Balaban J connectivity index is 1.27. The number of nitrogens with one attached hydrogen (secondary N) is 2. The topological polar surface area (TPSA) is 144 Å². The summed E-state index contributed by atoms with van der Waals surface area (Å²) in [6.07, 6.45) is -1.70. The van der Waals surface area contributed by atoms with E-state index >= 15 is 0 Å². The number of halogens is 1. The van der Waals surface area contributed by atoms with Crippen LogP contribution in [0.5, 0.6) is 6.01 Å². The van der Waals surface area contributed by atoms with Crippen LogP contribution in [0.25, 0.3) is 33.8 Å². The van der Waals surface area contributed by atoms with E-state index in [2.05, 4.69) is 35.6 Å². The summed E-state index contributed by atoms with van der Waals surface area (Å²) in [5, 5.41) is 24.3. The second kappa shape index (κ2) is 7.24. The maximum atomic E-state index is 9.87. The highest BCUT2D eigenvalue weighted by Gasteiger charge is 2.48. The van der Waals surface area contributed by atoms with Crippen molar-refractivity contribution in [1.29, 1.82) is 0 Å². The maximum absolute atomic E-state index is 9.87. The molecule has 4 aromatic rings. The van der Waals surface area contributed by atoms with E-state index in [4.69, 9.17) is 25.8 Å². The molecule has 0 bridgehead atoms. The molecule has 31 heavy (non-hydrogen) atoms. The van der Waals surface area contributed by atoms with E-state index in [1.54, 1.807) is 6.07 Å². The molecule has 0 radical (unpaired) electrons. The van der Waals surface area contributed by atoms with E-state index in [0.717, 1.165) is 11.1 Å². The van der Waals surface area contributed by atoms with Gasteiger partial charge in [-0.2, -0.15) is 10.2 Å². The summed E-state index contributed by atoms with van der Waals surface area (Å²) in [4.78, 5) is 12.1. The van der Waals surface area contributed by atoms with Crippen molar-refractivity contribution in [1.82, 2.24) is 35.6 Å². The number of pyridine rings is 1. The van der Waals surface area contributed by atoms with Crippen LogP contribution in [0, 0.1) is 0 Å². The Labute approximate surface area is 179 Å². The van der Waals surface area contributed by atoms with Gasteiger partial charge in [-0.3, -0.25) is 0 Å². The Morgan fingerprint density at radius 3 is 2.68 bits per heavy atom. The number of imidazole rings is 1. The van der Waals surface area contributed by atoms with Gasteiger partial charge < -0.3 is 24.3 Å². The molecule has 0 amide bonds. The molecule has 3 aromatic heterocycles. The van der Waals surface area contributed by atoms with E-state index in [9.17, 15) is 5.11 Å². The van der Waals surface area contributed by atoms with E-state index in [1.165, 1.54) is 0 Å². The number of ether oxygens (including phenoxy) is 3. The fourth-order valence-corrected chi connectivity index (χ4v) is 4.16. The third kappa shape index (κ3) is 3.22. The maximum Gasteiger partial charge on any atom is 0.296 e. The predicted octanol–water partition coefficient (Wildman–Crippen LogP) is 1.36. The fraction of sp³-hybridized carbons (Fsp3) is 0.316. The lowest BCUT2D eigenvalue weighted by atomic mass is 10.1. The summed E-state index contributed by atoms with van der Waals surface area (Å²) in [6.45, 7) is 0.553.